The number of hydrogen-bond acceptors (Lipinski definition) is 4. The molecule has 1 rings (SSSR count). The summed E-state index contributed by atoms with van der Waals surface area (Å²) in [5.74, 6) is 0.0380. The Bertz CT molecular complexity index is 491. The molecule has 2 unspecified atom stereocenters. The van der Waals surface area contributed by atoms with Crippen LogP contribution in [0.1, 0.15) is 25.3 Å². The highest BCUT2D eigenvalue weighted by atomic mass is 16.5. The summed E-state index contributed by atoms with van der Waals surface area (Å²) in [6, 6.07) is 9.84. The molecule has 3 N–H and O–H groups in total. The zero-order chi connectivity index (χ0) is 17.1. The van der Waals surface area contributed by atoms with Gasteiger partial charge in [0.25, 0.3) is 0 Å². The van der Waals surface area contributed by atoms with Gasteiger partial charge in [0.05, 0.1) is 26.2 Å². The maximum Gasteiger partial charge on any atom is 0.310 e. The lowest BCUT2D eigenvalue weighted by molar-refractivity contribution is -0.144. The summed E-state index contributed by atoms with van der Waals surface area (Å²) in [4.78, 5) is 15.8. The van der Waals surface area contributed by atoms with Gasteiger partial charge in [-0.25, -0.2) is 0 Å². The molecule has 0 aliphatic rings. The third kappa shape index (κ3) is 6.69. The summed E-state index contributed by atoms with van der Waals surface area (Å²) in [5, 5.41) is 15.9. The molecule has 0 bridgehead atoms. The molecule has 6 heteroatoms. The van der Waals surface area contributed by atoms with Gasteiger partial charge in [0.1, 0.15) is 0 Å². The Balaban J connectivity index is 2.62. The minimum absolute atomic E-state index is 0.0157. The molecule has 6 nitrogen and oxygen atoms in total. The maximum atomic E-state index is 11.4. The number of benzene rings is 1. The summed E-state index contributed by atoms with van der Waals surface area (Å²) >= 11 is 0. The number of methoxy groups -OCH3 is 1. The second-order valence-electron chi connectivity index (χ2n) is 5.31. The number of carbonyl (C=O) groups excluding carboxylic acids is 1. The largest absolute Gasteiger partial charge is 0.469 e. The average molecular weight is 321 g/mol. The van der Waals surface area contributed by atoms with Crippen molar-refractivity contribution in [1.29, 1.82) is 0 Å². The van der Waals surface area contributed by atoms with Gasteiger partial charge in [0.2, 0.25) is 0 Å². The molecule has 0 fully saturated rings. The zero-order valence-electron chi connectivity index (χ0n) is 14.1. The summed E-state index contributed by atoms with van der Waals surface area (Å²) in [6.45, 7) is 5.42. The van der Waals surface area contributed by atoms with E-state index >= 15 is 0 Å². The maximum absolute atomic E-state index is 11.4. The molecule has 0 radical (unpaired) electrons. The third-order valence-corrected chi connectivity index (χ3v) is 3.48. The van der Waals surface area contributed by atoms with Crippen LogP contribution in [0.15, 0.2) is 35.3 Å². The predicted octanol–water partition coefficient (Wildman–Crippen LogP) is 1.13. The number of esters is 1. The molecule has 0 aliphatic heterocycles. The summed E-state index contributed by atoms with van der Waals surface area (Å²) in [6.07, 6.45) is 0. The minimum Gasteiger partial charge on any atom is -0.469 e. The van der Waals surface area contributed by atoms with E-state index in [0.29, 0.717) is 25.6 Å². The molecule has 0 aromatic heterocycles. The summed E-state index contributed by atoms with van der Waals surface area (Å²) < 4.78 is 4.70. The van der Waals surface area contributed by atoms with Crippen molar-refractivity contribution in [3.63, 3.8) is 0 Å². The second-order valence-corrected chi connectivity index (χ2v) is 5.31. The number of nitrogens with zero attached hydrogens (tertiary/aromatic N) is 1. The summed E-state index contributed by atoms with van der Waals surface area (Å²) in [5.41, 5.74) is 1.07. The van der Waals surface area contributed by atoms with E-state index in [1.807, 2.05) is 37.3 Å². The fraction of sp³-hybridized carbons (Fsp3) is 0.529. The van der Waals surface area contributed by atoms with Gasteiger partial charge in [-0.3, -0.25) is 9.79 Å². The predicted molar refractivity (Wildman–Crippen MR) is 91.4 cm³/mol. The molecular weight excluding hydrogens is 294 g/mol. The van der Waals surface area contributed by atoms with Gasteiger partial charge in [-0.1, -0.05) is 37.3 Å². The Hall–Kier alpha value is -2.08. The van der Waals surface area contributed by atoms with Gasteiger partial charge in [0, 0.05) is 19.0 Å². The van der Waals surface area contributed by atoms with Crippen LogP contribution in [0.4, 0.5) is 0 Å². The number of hydrogen-bond donors (Lipinski definition) is 3. The van der Waals surface area contributed by atoms with E-state index in [0.717, 1.165) is 5.56 Å². The van der Waals surface area contributed by atoms with Crippen LogP contribution in [0.25, 0.3) is 0 Å². The first-order valence-corrected chi connectivity index (χ1v) is 7.88. The first-order chi connectivity index (χ1) is 11.1. The molecule has 0 spiro atoms. The Morgan fingerprint density at radius 2 is 2.00 bits per heavy atom. The van der Waals surface area contributed by atoms with Crippen LogP contribution in [-0.2, 0) is 9.53 Å². The van der Waals surface area contributed by atoms with Gasteiger partial charge >= 0.3 is 5.97 Å². The molecule has 1 aromatic rings. The summed E-state index contributed by atoms with van der Waals surface area (Å²) in [7, 11) is 1.37. The first kappa shape index (κ1) is 19.0. The van der Waals surface area contributed by atoms with Crippen LogP contribution in [0.2, 0.25) is 0 Å². The van der Waals surface area contributed by atoms with Gasteiger partial charge in [-0.05, 0) is 12.5 Å². The van der Waals surface area contributed by atoms with Crippen molar-refractivity contribution in [2.45, 2.75) is 19.8 Å². The van der Waals surface area contributed by atoms with E-state index in [2.05, 4.69) is 15.6 Å². The topological polar surface area (TPSA) is 83.0 Å². The fourth-order valence-electron chi connectivity index (χ4n) is 2.08. The molecule has 0 amide bonds. The molecule has 2 atom stereocenters. The van der Waals surface area contributed by atoms with E-state index in [9.17, 15) is 9.90 Å². The number of aliphatic hydroxyl groups excluding tert-OH is 1. The van der Waals surface area contributed by atoms with Gasteiger partial charge in [0.15, 0.2) is 5.96 Å². The van der Waals surface area contributed by atoms with Gasteiger partial charge in [-0.15, -0.1) is 0 Å². The monoisotopic (exact) mass is 321 g/mol. The highest BCUT2D eigenvalue weighted by Gasteiger charge is 2.14. The Morgan fingerprint density at radius 3 is 2.57 bits per heavy atom. The molecule has 0 aliphatic carbocycles. The number of nitrogens with one attached hydrogen (secondary N) is 2. The van der Waals surface area contributed by atoms with Crippen LogP contribution >= 0.6 is 0 Å². The molecular formula is C17H27N3O3. The van der Waals surface area contributed by atoms with Crippen molar-refractivity contribution in [2.75, 3.05) is 33.4 Å². The zero-order valence-corrected chi connectivity index (χ0v) is 14.1. The molecule has 23 heavy (non-hydrogen) atoms. The van der Waals surface area contributed by atoms with E-state index in [-0.39, 0.29) is 24.4 Å². The molecule has 0 saturated heterocycles. The Morgan fingerprint density at radius 1 is 1.30 bits per heavy atom. The minimum atomic E-state index is -0.293. The van der Waals surface area contributed by atoms with Crippen LogP contribution in [0.3, 0.4) is 0 Å². The highest BCUT2D eigenvalue weighted by molar-refractivity contribution is 5.80. The van der Waals surface area contributed by atoms with Crippen molar-refractivity contribution >= 4 is 11.9 Å². The lowest BCUT2D eigenvalue weighted by atomic mass is 10.0. The molecule has 1 aromatic carbocycles. The van der Waals surface area contributed by atoms with Crippen molar-refractivity contribution in [2.24, 2.45) is 10.9 Å². The van der Waals surface area contributed by atoms with Gasteiger partial charge in [-0.2, -0.15) is 0 Å². The molecule has 128 valence electrons. The van der Waals surface area contributed by atoms with Crippen molar-refractivity contribution in [3.8, 4) is 0 Å². The average Bonchev–Trinajstić information content (AvgIpc) is 2.59. The van der Waals surface area contributed by atoms with E-state index in [1.54, 1.807) is 6.92 Å². The third-order valence-electron chi connectivity index (χ3n) is 3.48. The van der Waals surface area contributed by atoms with Crippen LogP contribution in [-0.4, -0.2) is 50.4 Å². The van der Waals surface area contributed by atoms with Crippen LogP contribution in [0.5, 0.6) is 0 Å². The van der Waals surface area contributed by atoms with E-state index in [4.69, 9.17) is 4.74 Å². The standard InChI is InChI=1S/C17H27N3O3/c1-4-18-17(19-10-13(2)16(22)23-3)20-11-15(12-21)14-8-6-5-7-9-14/h5-9,13,15,21H,4,10-12H2,1-3H3,(H2,18,19,20). The number of guanidine groups is 1. The van der Waals surface area contributed by atoms with Crippen molar-refractivity contribution in [3.05, 3.63) is 35.9 Å². The second kappa shape index (κ2) is 10.6. The van der Waals surface area contributed by atoms with Crippen LogP contribution in [0, 0.1) is 5.92 Å². The lowest BCUT2D eigenvalue weighted by Gasteiger charge is -2.18. The highest BCUT2D eigenvalue weighted by Crippen LogP contribution is 2.13. The smallest absolute Gasteiger partial charge is 0.310 e. The normalized spacial score (nSPS) is 14.0. The van der Waals surface area contributed by atoms with Crippen molar-refractivity contribution in [1.82, 2.24) is 10.6 Å². The Labute approximate surface area is 138 Å². The van der Waals surface area contributed by atoms with E-state index in [1.165, 1.54) is 7.11 Å². The number of aliphatic imine (C=N–C) groups is 1. The fourth-order valence-corrected chi connectivity index (χ4v) is 2.08. The van der Waals surface area contributed by atoms with Gasteiger partial charge < -0.3 is 20.5 Å². The SMILES string of the molecule is CCNC(=NCC(C)C(=O)OC)NCC(CO)c1ccccc1. The molecule has 0 saturated carbocycles. The van der Waals surface area contributed by atoms with Crippen LogP contribution < -0.4 is 10.6 Å². The number of carbonyl (C=O) groups is 1. The molecule has 0 heterocycles. The Kier molecular flexibility index (Phi) is 8.75. The quantitative estimate of drug-likeness (QED) is 0.380. The lowest BCUT2D eigenvalue weighted by Crippen LogP contribution is -2.40. The first-order valence-electron chi connectivity index (χ1n) is 7.88. The number of rotatable bonds is 8. The van der Waals surface area contributed by atoms with E-state index < -0.39 is 0 Å². The van der Waals surface area contributed by atoms with Crippen molar-refractivity contribution < 1.29 is 14.6 Å². The number of aliphatic hydroxyl groups is 1. The number of ether oxygens (including phenoxy) is 1.